The van der Waals surface area contributed by atoms with Gasteiger partial charge in [0.2, 0.25) is 0 Å². The van der Waals surface area contributed by atoms with Crippen LogP contribution in [0.3, 0.4) is 0 Å². The van der Waals surface area contributed by atoms with Gasteiger partial charge in [0.05, 0.1) is 9.79 Å². The van der Waals surface area contributed by atoms with Crippen LogP contribution in [-0.2, 0) is 20.2 Å². The number of anilines is 1. The molecule has 0 unspecified atom stereocenters. The molecule has 0 atom stereocenters. The molecule has 4 aromatic carbocycles. The van der Waals surface area contributed by atoms with E-state index in [-0.39, 0.29) is 20.9 Å². The molecule has 0 heterocycles. The standard InChI is InChI=1S/C10H9NO.C10H8O6S2/c11-8-5-1-3-7-4-2-6-9(12)10(7)8;11-17(12,13)9-3-1-7-2-4-10(18(14,15)16)6-8(7)5-9/h1-6,12H,11H2;1-6H,(H,11,12,13)(H,14,15,16). The number of phenolic OH excluding ortho intramolecular Hbond substituents is 1. The Kier molecular flexibility index (Phi) is 5.68. The van der Waals surface area contributed by atoms with Crippen LogP contribution in [0.4, 0.5) is 5.69 Å². The van der Waals surface area contributed by atoms with E-state index in [1.54, 1.807) is 18.2 Å². The molecule has 0 aliphatic heterocycles. The molecular weight excluding hydrogens is 430 g/mol. The summed E-state index contributed by atoms with van der Waals surface area (Å²) >= 11 is 0. The summed E-state index contributed by atoms with van der Waals surface area (Å²) in [6.45, 7) is 0. The minimum Gasteiger partial charge on any atom is -0.507 e. The summed E-state index contributed by atoms with van der Waals surface area (Å²) < 4.78 is 61.5. The quantitative estimate of drug-likeness (QED) is 0.269. The first-order valence-electron chi connectivity index (χ1n) is 8.42. The number of aromatic hydroxyl groups is 1. The molecule has 156 valence electrons. The fraction of sp³-hybridized carbons (Fsp3) is 0. The van der Waals surface area contributed by atoms with E-state index in [1.807, 2.05) is 18.2 Å². The topological polar surface area (TPSA) is 155 Å². The molecule has 0 saturated carbocycles. The fourth-order valence-electron chi connectivity index (χ4n) is 2.87. The van der Waals surface area contributed by atoms with Gasteiger partial charge in [0, 0.05) is 11.1 Å². The van der Waals surface area contributed by atoms with Gasteiger partial charge in [-0.25, -0.2) is 0 Å². The van der Waals surface area contributed by atoms with Gasteiger partial charge in [-0.2, -0.15) is 16.8 Å². The second-order valence-corrected chi connectivity index (χ2v) is 9.19. The molecule has 0 aliphatic rings. The zero-order valence-electron chi connectivity index (χ0n) is 15.3. The molecule has 4 rings (SSSR count). The van der Waals surface area contributed by atoms with E-state index in [2.05, 4.69) is 0 Å². The van der Waals surface area contributed by atoms with Crippen molar-refractivity contribution in [3.8, 4) is 5.75 Å². The molecule has 8 nitrogen and oxygen atoms in total. The van der Waals surface area contributed by atoms with Gasteiger partial charge >= 0.3 is 0 Å². The maximum absolute atomic E-state index is 10.9. The van der Waals surface area contributed by atoms with E-state index >= 15 is 0 Å². The van der Waals surface area contributed by atoms with Gasteiger partial charge in [0.1, 0.15) is 5.75 Å². The maximum Gasteiger partial charge on any atom is 0.294 e. The third-order valence-electron chi connectivity index (χ3n) is 4.29. The summed E-state index contributed by atoms with van der Waals surface area (Å²) in [5.74, 6) is 0.241. The van der Waals surface area contributed by atoms with Gasteiger partial charge in [0.15, 0.2) is 0 Å². The van der Waals surface area contributed by atoms with E-state index in [9.17, 15) is 21.9 Å². The van der Waals surface area contributed by atoms with Crippen LogP contribution in [0.15, 0.2) is 82.6 Å². The first-order valence-corrected chi connectivity index (χ1v) is 11.3. The van der Waals surface area contributed by atoms with Crippen LogP contribution in [0.25, 0.3) is 21.5 Å². The first-order chi connectivity index (χ1) is 14.0. The van der Waals surface area contributed by atoms with Gasteiger partial charge in [-0.1, -0.05) is 36.4 Å². The van der Waals surface area contributed by atoms with Crippen LogP contribution in [0, 0.1) is 0 Å². The van der Waals surface area contributed by atoms with Crippen LogP contribution >= 0.6 is 0 Å². The zero-order valence-corrected chi connectivity index (χ0v) is 16.9. The molecule has 0 fully saturated rings. The monoisotopic (exact) mass is 447 g/mol. The van der Waals surface area contributed by atoms with Gasteiger partial charge in [-0.05, 0) is 52.6 Å². The molecule has 10 heteroatoms. The Morgan fingerprint density at radius 3 is 1.60 bits per heavy atom. The molecule has 5 N–H and O–H groups in total. The van der Waals surface area contributed by atoms with Crippen molar-refractivity contribution in [2.75, 3.05) is 5.73 Å². The Labute approximate surface area is 172 Å². The second-order valence-electron chi connectivity index (χ2n) is 6.34. The van der Waals surface area contributed by atoms with E-state index in [1.165, 1.54) is 24.3 Å². The highest BCUT2D eigenvalue weighted by Gasteiger charge is 2.13. The molecule has 0 spiro atoms. The predicted octanol–water partition coefficient (Wildman–Crippen LogP) is 3.46. The first kappa shape index (κ1) is 21.5. The number of nitrogen functional groups attached to an aromatic ring is 1. The summed E-state index contributed by atoms with van der Waals surface area (Å²) in [6, 6.07) is 18.4. The average Bonchev–Trinajstić information content (AvgIpc) is 2.66. The largest absolute Gasteiger partial charge is 0.507 e. The van der Waals surface area contributed by atoms with E-state index in [0.29, 0.717) is 11.1 Å². The zero-order chi connectivity index (χ0) is 22.1. The molecule has 0 saturated heterocycles. The van der Waals surface area contributed by atoms with Crippen molar-refractivity contribution in [2.24, 2.45) is 0 Å². The van der Waals surface area contributed by atoms with Crippen molar-refractivity contribution in [2.45, 2.75) is 9.79 Å². The second kappa shape index (κ2) is 7.92. The van der Waals surface area contributed by atoms with Crippen molar-refractivity contribution < 1.29 is 31.0 Å². The van der Waals surface area contributed by atoms with Crippen LogP contribution in [0.1, 0.15) is 0 Å². The number of rotatable bonds is 2. The average molecular weight is 447 g/mol. The van der Waals surface area contributed by atoms with Crippen molar-refractivity contribution >= 4 is 47.5 Å². The van der Waals surface area contributed by atoms with Crippen molar-refractivity contribution in [1.29, 1.82) is 0 Å². The SMILES string of the molecule is Nc1cccc2cccc(O)c12.O=S(=O)(O)c1ccc2ccc(S(=O)(=O)O)cc2c1. The summed E-state index contributed by atoms with van der Waals surface area (Å²) in [6.07, 6.45) is 0. The van der Waals surface area contributed by atoms with Gasteiger partial charge in [-0.15, -0.1) is 0 Å². The lowest BCUT2D eigenvalue weighted by Crippen LogP contribution is -1.99. The van der Waals surface area contributed by atoms with Crippen LogP contribution in [0.2, 0.25) is 0 Å². The van der Waals surface area contributed by atoms with Gasteiger partial charge < -0.3 is 10.8 Å². The summed E-state index contributed by atoms with van der Waals surface area (Å²) in [7, 11) is -8.71. The number of hydrogen-bond acceptors (Lipinski definition) is 6. The molecular formula is C20H17NO7S2. The van der Waals surface area contributed by atoms with E-state index in [0.717, 1.165) is 22.9 Å². The van der Waals surface area contributed by atoms with E-state index < -0.39 is 20.2 Å². The molecule has 0 amide bonds. The van der Waals surface area contributed by atoms with Crippen LogP contribution < -0.4 is 5.73 Å². The summed E-state index contributed by atoms with van der Waals surface area (Å²) in [4.78, 5) is -0.690. The normalized spacial score (nSPS) is 11.8. The summed E-state index contributed by atoms with van der Waals surface area (Å²) in [5, 5.41) is 12.0. The minimum absolute atomic E-state index is 0.241. The highest BCUT2D eigenvalue weighted by atomic mass is 32.2. The molecule has 4 aromatic rings. The Morgan fingerprint density at radius 2 is 1.13 bits per heavy atom. The lowest BCUT2D eigenvalue weighted by atomic mass is 10.1. The Morgan fingerprint density at radius 1 is 0.633 bits per heavy atom. The lowest BCUT2D eigenvalue weighted by molar-refractivity contribution is 0.481. The van der Waals surface area contributed by atoms with Gasteiger partial charge in [-0.3, -0.25) is 9.11 Å². The molecule has 0 aliphatic carbocycles. The van der Waals surface area contributed by atoms with Crippen molar-refractivity contribution in [3.63, 3.8) is 0 Å². The van der Waals surface area contributed by atoms with Crippen molar-refractivity contribution in [1.82, 2.24) is 0 Å². The molecule has 0 aromatic heterocycles. The number of fused-ring (bicyclic) bond motifs is 2. The Balaban J connectivity index is 0.000000184. The lowest BCUT2D eigenvalue weighted by Gasteiger charge is -2.03. The molecule has 0 radical (unpaired) electrons. The highest BCUT2D eigenvalue weighted by Crippen LogP contribution is 2.29. The smallest absolute Gasteiger partial charge is 0.294 e. The third kappa shape index (κ3) is 4.69. The fourth-order valence-corrected chi connectivity index (χ4v) is 3.91. The van der Waals surface area contributed by atoms with Crippen molar-refractivity contribution in [3.05, 3.63) is 72.8 Å². The molecule has 0 bridgehead atoms. The number of hydrogen-bond donors (Lipinski definition) is 4. The maximum atomic E-state index is 10.9. The van der Waals surface area contributed by atoms with E-state index in [4.69, 9.17) is 14.8 Å². The Bertz CT molecular complexity index is 1360. The minimum atomic E-state index is -4.35. The molecule has 30 heavy (non-hydrogen) atoms. The van der Waals surface area contributed by atoms with Gasteiger partial charge in [0.25, 0.3) is 20.2 Å². The third-order valence-corrected chi connectivity index (χ3v) is 5.99. The number of phenols is 1. The number of nitrogens with two attached hydrogens (primary N) is 1. The number of benzene rings is 4. The summed E-state index contributed by atoms with van der Waals surface area (Å²) in [5.41, 5.74) is 6.31. The van der Waals surface area contributed by atoms with Crippen LogP contribution in [0.5, 0.6) is 5.75 Å². The Hall–Kier alpha value is -3.18. The predicted molar refractivity (Wildman–Crippen MR) is 114 cm³/mol. The van der Waals surface area contributed by atoms with Crippen LogP contribution in [-0.4, -0.2) is 31.0 Å². The highest BCUT2D eigenvalue weighted by molar-refractivity contribution is 7.86.